The summed E-state index contributed by atoms with van der Waals surface area (Å²) in [5.74, 6) is 1.57. The highest BCUT2D eigenvalue weighted by molar-refractivity contribution is 7.15. The lowest BCUT2D eigenvalue weighted by atomic mass is 10.0. The van der Waals surface area contributed by atoms with Gasteiger partial charge in [-0.25, -0.2) is 9.97 Å². The Hall–Kier alpha value is -3.21. The van der Waals surface area contributed by atoms with Gasteiger partial charge in [0.05, 0.1) is 42.9 Å². The molecule has 4 aromatic rings. The Morgan fingerprint density at radius 2 is 2.08 bits per heavy atom. The Labute approximate surface area is 223 Å². The summed E-state index contributed by atoms with van der Waals surface area (Å²) in [6.45, 7) is 7.30. The van der Waals surface area contributed by atoms with Crippen LogP contribution < -0.4 is 4.74 Å². The van der Waals surface area contributed by atoms with Gasteiger partial charge in [-0.3, -0.25) is 9.48 Å². The predicted molar refractivity (Wildman–Crippen MR) is 142 cm³/mol. The molecule has 1 amide bonds. The molecule has 1 saturated heterocycles. The maximum atomic E-state index is 11.7. The number of aliphatic hydroxyl groups is 1. The van der Waals surface area contributed by atoms with E-state index in [9.17, 15) is 9.90 Å². The third-order valence-corrected chi connectivity index (χ3v) is 8.04. The molecule has 0 aliphatic carbocycles. The lowest BCUT2D eigenvalue weighted by molar-refractivity contribution is -0.134. The number of rotatable bonds is 5. The molecule has 0 atom stereocenters. The first-order valence-corrected chi connectivity index (χ1v) is 13.4. The van der Waals surface area contributed by atoms with E-state index < -0.39 is 5.60 Å². The van der Waals surface area contributed by atoms with Crippen molar-refractivity contribution in [3.63, 3.8) is 0 Å². The van der Waals surface area contributed by atoms with Gasteiger partial charge in [0.15, 0.2) is 10.8 Å². The van der Waals surface area contributed by atoms with Crippen LogP contribution in [0.2, 0.25) is 5.15 Å². The minimum atomic E-state index is -0.844. The Bertz CT molecular complexity index is 1490. The van der Waals surface area contributed by atoms with Gasteiger partial charge in [-0.05, 0) is 31.5 Å². The van der Waals surface area contributed by atoms with Crippen molar-refractivity contribution < 1.29 is 14.6 Å². The second-order valence-corrected chi connectivity index (χ2v) is 11.7. The first-order chi connectivity index (χ1) is 17.7. The van der Waals surface area contributed by atoms with Gasteiger partial charge in [-0.15, -0.1) is 11.3 Å². The molecule has 0 radical (unpaired) electrons. The van der Waals surface area contributed by atoms with Crippen molar-refractivity contribution in [1.82, 2.24) is 29.2 Å². The monoisotopic (exact) mass is 538 g/mol. The van der Waals surface area contributed by atoms with E-state index in [2.05, 4.69) is 10.1 Å². The molecule has 1 fully saturated rings. The fourth-order valence-electron chi connectivity index (χ4n) is 4.81. The lowest BCUT2D eigenvalue weighted by Gasteiger charge is -2.40. The number of imidazole rings is 1. The summed E-state index contributed by atoms with van der Waals surface area (Å²) in [7, 11) is 0. The molecule has 11 heteroatoms. The van der Waals surface area contributed by atoms with Crippen LogP contribution in [0, 0.1) is 0 Å². The van der Waals surface area contributed by atoms with Crippen LogP contribution in [0.3, 0.4) is 0 Å². The van der Waals surface area contributed by atoms with Gasteiger partial charge >= 0.3 is 0 Å². The highest BCUT2D eigenvalue weighted by Crippen LogP contribution is 2.42. The van der Waals surface area contributed by atoms with E-state index >= 15 is 0 Å². The third-order valence-electron chi connectivity index (χ3n) is 6.65. The van der Waals surface area contributed by atoms with Crippen LogP contribution in [-0.2, 0) is 17.8 Å². The number of thiazole rings is 1. The highest BCUT2D eigenvalue weighted by Gasteiger charge is 2.34. The van der Waals surface area contributed by atoms with Crippen molar-refractivity contribution >= 4 is 28.8 Å². The number of nitrogens with zero attached hydrogens (tertiary/aromatic N) is 6. The smallest absolute Gasteiger partial charge is 0.219 e. The number of benzene rings is 1. The molecule has 3 aromatic heterocycles. The minimum Gasteiger partial charge on any atom is -0.492 e. The van der Waals surface area contributed by atoms with E-state index in [0.717, 1.165) is 50.3 Å². The molecule has 2 aliphatic heterocycles. The van der Waals surface area contributed by atoms with E-state index in [0.29, 0.717) is 31.4 Å². The zero-order valence-corrected chi connectivity index (χ0v) is 22.4. The average Bonchev–Trinajstić information content (AvgIpc) is 3.49. The van der Waals surface area contributed by atoms with Crippen molar-refractivity contribution in [2.24, 2.45) is 0 Å². The van der Waals surface area contributed by atoms with Crippen LogP contribution in [0.4, 0.5) is 0 Å². The van der Waals surface area contributed by atoms with Gasteiger partial charge < -0.3 is 19.3 Å². The molecular formula is C26H27ClN6O3S. The van der Waals surface area contributed by atoms with Crippen LogP contribution in [-0.4, -0.2) is 65.5 Å². The Morgan fingerprint density at radius 3 is 2.84 bits per heavy atom. The molecule has 1 N–H and O–H groups in total. The second-order valence-electron chi connectivity index (χ2n) is 10.2. The molecule has 0 saturated carbocycles. The molecule has 0 bridgehead atoms. The average molecular weight is 539 g/mol. The van der Waals surface area contributed by atoms with Gasteiger partial charge in [0.2, 0.25) is 5.91 Å². The third kappa shape index (κ3) is 4.54. The number of amides is 1. The standard InChI is InChI=1S/C26H27ClN6O3S/c1-15(34)31-12-18(13-31)33-22(27)10-28-24(33)25-30-23-19-5-4-16(8-20(19)36-7-6-21(23)37-25)17-9-29-32(11-17)14-26(2,3)35/h4-5,8-11,18,35H,6-7,12-14H2,1-3H3. The first-order valence-electron chi connectivity index (χ1n) is 12.2. The summed E-state index contributed by atoms with van der Waals surface area (Å²) in [6.07, 6.45) is 6.13. The normalized spacial score (nSPS) is 15.5. The summed E-state index contributed by atoms with van der Waals surface area (Å²) in [5, 5.41) is 15.9. The van der Waals surface area contributed by atoms with Crippen molar-refractivity contribution in [3.05, 3.63) is 46.8 Å². The number of carbonyl (C=O) groups excluding carboxylic acids is 1. The molecule has 6 rings (SSSR count). The summed E-state index contributed by atoms with van der Waals surface area (Å²) in [5.41, 5.74) is 2.95. The fourth-order valence-corrected chi connectivity index (χ4v) is 6.13. The molecular weight excluding hydrogens is 512 g/mol. The summed E-state index contributed by atoms with van der Waals surface area (Å²) in [6, 6.07) is 6.21. The van der Waals surface area contributed by atoms with E-state index in [4.69, 9.17) is 21.3 Å². The number of likely N-dealkylation sites (tertiary alicyclic amines) is 1. The summed E-state index contributed by atoms with van der Waals surface area (Å²) < 4.78 is 9.87. The molecule has 9 nitrogen and oxygen atoms in total. The number of fused-ring (bicyclic) bond motifs is 3. The van der Waals surface area contributed by atoms with Crippen LogP contribution in [0.25, 0.3) is 33.2 Å². The number of hydrogen-bond donors (Lipinski definition) is 1. The number of aromatic nitrogens is 5. The van der Waals surface area contributed by atoms with Gasteiger partial charge in [0.1, 0.15) is 10.9 Å². The number of ether oxygens (including phenoxy) is 1. The van der Waals surface area contributed by atoms with Crippen molar-refractivity contribution in [2.75, 3.05) is 19.7 Å². The molecule has 192 valence electrons. The molecule has 37 heavy (non-hydrogen) atoms. The predicted octanol–water partition coefficient (Wildman–Crippen LogP) is 4.30. The van der Waals surface area contributed by atoms with Crippen molar-refractivity contribution in [3.8, 4) is 39.0 Å². The van der Waals surface area contributed by atoms with Crippen LogP contribution in [0.5, 0.6) is 5.75 Å². The summed E-state index contributed by atoms with van der Waals surface area (Å²) >= 11 is 8.12. The fraction of sp³-hybridized carbons (Fsp3) is 0.385. The molecule has 2 aliphatic rings. The SMILES string of the molecule is CC(=O)N1CC(n2c(Cl)cnc2-c2nc3c(s2)CCOc2cc(-c4cnn(CC(C)(C)O)c4)ccc2-3)C1. The minimum absolute atomic E-state index is 0.0653. The van der Waals surface area contributed by atoms with Gasteiger partial charge in [-0.2, -0.15) is 5.10 Å². The van der Waals surface area contributed by atoms with Gasteiger partial charge in [0, 0.05) is 48.6 Å². The van der Waals surface area contributed by atoms with E-state index in [1.54, 1.807) is 54.1 Å². The van der Waals surface area contributed by atoms with E-state index in [1.807, 2.05) is 29.0 Å². The zero-order valence-electron chi connectivity index (χ0n) is 20.8. The number of halogens is 1. The van der Waals surface area contributed by atoms with Gasteiger partial charge in [-0.1, -0.05) is 17.7 Å². The maximum Gasteiger partial charge on any atom is 0.219 e. The Morgan fingerprint density at radius 1 is 1.27 bits per heavy atom. The van der Waals surface area contributed by atoms with E-state index in [-0.39, 0.29) is 11.9 Å². The van der Waals surface area contributed by atoms with Crippen LogP contribution in [0.1, 0.15) is 31.7 Å². The van der Waals surface area contributed by atoms with Crippen molar-refractivity contribution in [1.29, 1.82) is 0 Å². The first kappa shape index (κ1) is 24.1. The maximum absolute atomic E-state index is 11.7. The Balaban J connectivity index is 1.31. The molecule has 1 aromatic carbocycles. The van der Waals surface area contributed by atoms with E-state index in [1.165, 1.54) is 0 Å². The number of hydrogen-bond acceptors (Lipinski definition) is 7. The molecule has 5 heterocycles. The Kier molecular flexibility index (Phi) is 5.85. The second kappa shape index (κ2) is 8.97. The zero-order chi connectivity index (χ0) is 25.9. The summed E-state index contributed by atoms with van der Waals surface area (Å²) in [4.78, 5) is 24.2. The molecule has 0 unspecified atom stereocenters. The van der Waals surface area contributed by atoms with Crippen molar-refractivity contribution in [2.45, 2.75) is 45.4 Å². The van der Waals surface area contributed by atoms with Crippen LogP contribution >= 0.6 is 22.9 Å². The van der Waals surface area contributed by atoms with Gasteiger partial charge in [0.25, 0.3) is 0 Å². The highest BCUT2D eigenvalue weighted by atomic mass is 35.5. The quantitative estimate of drug-likeness (QED) is 0.407. The number of carbonyl (C=O) groups is 1. The topological polar surface area (TPSA) is 98.3 Å². The molecule has 0 spiro atoms. The largest absolute Gasteiger partial charge is 0.492 e. The lowest BCUT2D eigenvalue weighted by Crippen LogP contribution is -2.50. The van der Waals surface area contributed by atoms with Crippen LogP contribution in [0.15, 0.2) is 36.8 Å².